The SMILES string of the molecule is Cc1cc(C(=O)O)cnc1N1Cc2ccccc2C1. The van der Waals surface area contributed by atoms with Gasteiger partial charge in [0.15, 0.2) is 0 Å². The van der Waals surface area contributed by atoms with E-state index >= 15 is 0 Å². The topological polar surface area (TPSA) is 53.4 Å². The second-order valence-electron chi connectivity index (χ2n) is 4.79. The third kappa shape index (κ3) is 2.05. The first kappa shape index (κ1) is 11.7. The van der Waals surface area contributed by atoms with E-state index in [9.17, 15) is 4.79 Å². The maximum atomic E-state index is 10.9. The van der Waals surface area contributed by atoms with Crippen molar-refractivity contribution in [3.63, 3.8) is 0 Å². The first-order chi connectivity index (χ1) is 9.15. The Morgan fingerprint density at radius 1 is 1.26 bits per heavy atom. The van der Waals surface area contributed by atoms with Crippen LogP contribution >= 0.6 is 0 Å². The Hall–Kier alpha value is -2.36. The third-order valence-corrected chi connectivity index (χ3v) is 3.44. The summed E-state index contributed by atoms with van der Waals surface area (Å²) in [7, 11) is 0. The normalized spacial score (nSPS) is 13.4. The van der Waals surface area contributed by atoms with Crippen LogP contribution in [0, 0.1) is 6.92 Å². The predicted octanol–water partition coefficient (Wildman–Crippen LogP) is 2.61. The molecule has 1 aliphatic heterocycles. The molecule has 0 radical (unpaired) electrons. The molecule has 0 saturated carbocycles. The lowest BCUT2D eigenvalue weighted by atomic mass is 10.1. The van der Waals surface area contributed by atoms with Gasteiger partial charge in [-0.15, -0.1) is 0 Å². The van der Waals surface area contributed by atoms with Crippen molar-refractivity contribution in [1.82, 2.24) is 4.98 Å². The molecule has 2 aromatic rings. The predicted molar refractivity (Wildman–Crippen MR) is 72.3 cm³/mol. The Bertz CT molecular complexity index is 627. The second kappa shape index (κ2) is 4.39. The van der Waals surface area contributed by atoms with Gasteiger partial charge in [-0.25, -0.2) is 9.78 Å². The van der Waals surface area contributed by atoms with E-state index in [1.165, 1.54) is 17.3 Å². The summed E-state index contributed by atoms with van der Waals surface area (Å²) >= 11 is 0. The fourth-order valence-corrected chi connectivity index (χ4v) is 2.50. The van der Waals surface area contributed by atoms with Crippen LogP contribution < -0.4 is 4.90 Å². The van der Waals surface area contributed by atoms with Crippen LogP contribution in [0.4, 0.5) is 5.82 Å². The molecule has 19 heavy (non-hydrogen) atoms. The number of hydrogen-bond donors (Lipinski definition) is 1. The summed E-state index contributed by atoms with van der Waals surface area (Å²) in [6.45, 7) is 3.56. The van der Waals surface area contributed by atoms with Crippen LogP contribution in [0.5, 0.6) is 0 Å². The molecule has 96 valence electrons. The maximum Gasteiger partial charge on any atom is 0.337 e. The molecule has 0 bridgehead atoms. The van der Waals surface area contributed by atoms with Gasteiger partial charge in [0.05, 0.1) is 5.56 Å². The van der Waals surface area contributed by atoms with Gasteiger partial charge in [-0.3, -0.25) is 0 Å². The molecule has 1 aromatic heterocycles. The van der Waals surface area contributed by atoms with Crippen molar-refractivity contribution in [2.75, 3.05) is 4.90 Å². The smallest absolute Gasteiger partial charge is 0.337 e. The number of fused-ring (bicyclic) bond motifs is 1. The Balaban J connectivity index is 1.91. The molecule has 0 amide bonds. The van der Waals surface area contributed by atoms with Crippen LogP contribution in [0.2, 0.25) is 0 Å². The summed E-state index contributed by atoms with van der Waals surface area (Å²) in [5, 5.41) is 8.95. The van der Waals surface area contributed by atoms with E-state index in [1.54, 1.807) is 6.07 Å². The Morgan fingerprint density at radius 2 is 1.89 bits per heavy atom. The molecule has 1 aromatic carbocycles. The quantitative estimate of drug-likeness (QED) is 0.895. The van der Waals surface area contributed by atoms with E-state index in [-0.39, 0.29) is 5.56 Å². The van der Waals surface area contributed by atoms with Gasteiger partial charge >= 0.3 is 5.97 Å². The average molecular weight is 254 g/mol. The number of nitrogens with zero attached hydrogens (tertiary/aromatic N) is 2. The van der Waals surface area contributed by atoms with Crippen LogP contribution in [-0.2, 0) is 13.1 Å². The molecule has 3 rings (SSSR count). The number of carboxylic acids is 1. The number of carbonyl (C=O) groups is 1. The minimum Gasteiger partial charge on any atom is -0.478 e. The fraction of sp³-hybridized carbons (Fsp3) is 0.200. The Kier molecular flexibility index (Phi) is 2.71. The van der Waals surface area contributed by atoms with Gasteiger partial charge in [-0.2, -0.15) is 0 Å². The fourth-order valence-electron chi connectivity index (χ4n) is 2.50. The van der Waals surface area contributed by atoms with Gasteiger partial charge < -0.3 is 10.0 Å². The summed E-state index contributed by atoms with van der Waals surface area (Å²) in [4.78, 5) is 17.4. The first-order valence-electron chi connectivity index (χ1n) is 6.17. The molecule has 0 saturated heterocycles. The Morgan fingerprint density at radius 3 is 2.42 bits per heavy atom. The molecule has 0 spiro atoms. The van der Waals surface area contributed by atoms with Gasteiger partial charge in [-0.05, 0) is 29.7 Å². The van der Waals surface area contributed by atoms with Gasteiger partial charge in [0.1, 0.15) is 5.82 Å². The van der Waals surface area contributed by atoms with Crippen molar-refractivity contribution in [1.29, 1.82) is 0 Å². The average Bonchev–Trinajstić information content (AvgIpc) is 2.81. The standard InChI is InChI=1S/C15H14N2O2/c1-10-6-13(15(18)19)7-16-14(10)17-8-11-4-2-3-5-12(11)9-17/h2-7H,8-9H2,1H3,(H,18,19). The van der Waals surface area contributed by atoms with Gasteiger partial charge in [-0.1, -0.05) is 24.3 Å². The molecule has 1 N–H and O–H groups in total. The number of anilines is 1. The van der Waals surface area contributed by atoms with Gasteiger partial charge in [0.25, 0.3) is 0 Å². The third-order valence-electron chi connectivity index (χ3n) is 3.44. The van der Waals surface area contributed by atoms with Crippen molar-refractivity contribution in [2.45, 2.75) is 20.0 Å². The highest BCUT2D eigenvalue weighted by Crippen LogP contribution is 2.28. The maximum absolute atomic E-state index is 10.9. The highest BCUT2D eigenvalue weighted by atomic mass is 16.4. The summed E-state index contributed by atoms with van der Waals surface area (Å²) < 4.78 is 0. The van der Waals surface area contributed by atoms with Crippen LogP contribution in [-0.4, -0.2) is 16.1 Å². The molecule has 0 unspecified atom stereocenters. The number of benzene rings is 1. The van der Waals surface area contributed by atoms with E-state index in [4.69, 9.17) is 5.11 Å². The van der Waals surface area contributed by atoms with E-state index in [2.05, 4.69) is 22.0 Å². The zero-order chi connectivity index (χ0) is 13.4. The van der Waals surface area contributed by atoms with E-state index in [0.717, 1.165) is 24.5 Å². The molecular weight excluding hydrogens is 240 g/mol. The monoisotopic (exact) mass is 254 g/mol. The van der Waals surface area contributed by atoms with E-state index < -0.39 is 5.97 Å². The molecule has 4 heteroatoms. The van der Waals surface area contributed by atoms with E-state index in [0.29, 0.717) is 0 Å². The summed E-state index contributed by atoms with van der Waals surface area (Å²) in [6, 6.07) is 9.99. The van der Waals surface area contributed by atoms with Crippen molar-refractivity contribution >= 4 is 11.8 Å². The van der Waals surface area contributed by atoms with Crippen LogP contribution in [0.25, 0.3) is 0 Å². The van der Waals surface area contributed by atoms with Crippen LogP contribution in [0.3, 0.4) is 0 Å². The Labute approximate surface area is 111 Å². The number of pyridine rings is 1. The molecule has 0 fully saturated rings. The van der Waals surface area contributed by atoms with Crippen LogP contribution in [0.1, 0.15) is 27.0 Å². The van der Waals surface area contributed by atoms with Gasteiger partial charge in [0, 0.05) is 19.3 Å². The highest BCUT2D eigenvalue weighted by molar-refractivity contribution is 5.87. The minimum atomic E-state index is -0.938. The summed E-state index contributed by atoms with van der Waals surface area (Å²) in [5.74, 6) is -0.0759. The summed E-state index contributed by atoms with van der Waals surface area (Å²) in [6.07, 6.45) is 1.42. The molecular formula is C15H14N2O2. The number of aromatic carboxylic acids is 1. The molecule has 0 aliphatic carbocycles. The molecule has 4 nitrogen and oxygen atoms in total. The second-order valence-corrected chi connectivity index (χ2v) is 4.79. The first-order valence-corrected chi connectivity index (χ1v) is 6.17. The highest BCUT2D eigenvalue weighted by Gasteiger charge is 2.21. The molecule has 1 aliphatic rings. The molecule has 2 heterocycles. The number of hydrogen-bond acceptors (Lipinski definition) is 3. The molecule has 0 atom stereocenters. The van der Waals surface area contributed by atoms with Crippen molar-refractivity contribution < 1.29 is 9.90 Å². The zero-order valence-corrected chi connectivity index (χ0v) is 10.6. The van der Waals surface area contributed by atoms with E-state index in [1.807, 2.05) is 19.1 Å². The van der Waals surface area contributed by atoms with Crippen molar-refractivity contribution in [3.8, 4) is 0 Å². The van der Waals surface area contributed by atoms with Crippen molar-refractivity contribution in [3.05, 3.63) is 58.8 Å². The lowest BCUT2D eigenvalue weighted by molar-refractivity contribution is 0.0696. The zero-order valence-electron chi connectivity index (χ0n) is 10.6. The number of rotatable bonds is 2. The van der Waals surface area contributed by atoms with Crippen LogP contribution in [0.15, 0.2) is 36.5 Å². The van der Waals surface area contributed by atoms with Gasteiger partial charge in [0.2, 0.25) is 0 Å². The lowest BCUT2D eigenvalue weighted by Crippen LogP contribution is -2.17. The lowest BCUT2D eigenvalue weighted by Gasteiger charge is -2.18. The number of aromatic nitrogens is 1. The largest absolute Gasteiger partial charge is 0.478 e. The minimum absolute atomic E-state index is 0.234. The summed E-state index contributed by atoms with van der Waals surface area (Å²) in [5.41, 5.74) is 3.75. The number of carboxylic acid groups (broad SMARTS) is 1. The number of aryl methyl sites for hydroxylation is 1. The van der Waals surface area contributed by atoms with Crippen molar-refractivity contribution in [2.24, 2.45) is 0 Å².